The second-order valence-corrected chi connectivity index (χ2v) is 3.64. The van der Waals surface area contributed by atoms with Crippen molar-refractivity contribution in [2.45, 2.75) is 6.92 Å². The van der Waals surface area contributed by atoms with E-state index in [9.17, 15) is 14.4 Å². The number of nitrogens with zero attached hydrogens (tertiary/aromatic N) is 2. The third-order valence-corrected chi connectivity index (χ3v) is 2.22. The van der Waals surface area contributed by atoms with Crippen molar-refractivity contribution in [1.82, 2.24) is 9.80 Å². The Morgan fingerprint density at radius 3 is 2.57 bits per heavy atom. The van der Waals surface area contributed by atoms with Crippen molar-refractivity contribution in [3.8, 4) is 0 Å². The summed E-state index contributed by atoms with van der Waals surface area (Å²) < 4.78 is 0. The summed E-state index contributed by atoms with van der Waals surface area (Å²) in [6.45, 7) is 2.27. The van der Waals surface area contributed by atoms with Crippen molar-refractivity contribution in [3.63, 3.8) is 0 Å². The average Bonchev–Trinajstić information content (AvgIpc) is 2.14. The molecule has 1 aliphatic rings. The fourth-order valence-electron chi connectivity index (χ4n) is 1.32. The number of amides is 2. The maximum atomic E-state index is 11.4. The minimum atomic E-state index is -0.213. The van der Waals surface area contributed by atoms with E-state index in [2.05, 4.69) is 0 Å². The van der Waals surface area contributed by atoms with Crippen LogP contribution in [0.3, 0.4) is 0 Å². The van der Waals surface area contributed by atoms with Crippen LogP contribution in [0.15, 0.2) is 0 Å². The van der Waals surface area contributed by atoms with E-state index in [1.54, 1.807) is 14.0 Å². The molecule has 0 bridgehead atoms. The minimum Gasteiger partial charge on any atom is -0.335 e. The largest absolute Gasteiger partial charge is 0.335 e. The molecule has 1 unspecified atom stereocenters. The van der Waals surface area contributed by atoms with Crippen molar-refractivity contribution in [2.75, 3.05) is 26.7 Å². The van der Waals surface area contributed by atoms with Gasteiger partial charge in [-0.1, -0.05) is 6.92 Å². The number of likely N-dealkylation sites (N-methyl/N-ethyl adjacent to an activating group) is 1. The molecule has 1 atom stereocenters. The third-order valence-electron chi connectivity index (χ3n) is 2.22. The molecule has 78 valence electrons. The van der Waals surface area contributed by atoms with Gasteiger partial charge in [0.15, 0.2) is 0 Å². The van der Waals surface area contributed by atoms with E-state index < -0.39 is 0 Å². The predicted octanol–water partition coefficient (Wildman–Crippen LogP) is -0.878. The van der Waals surface area contributed by atoms with Crippen LogP contribution in [-0.2, 0) is 14.4 Å². The molecule has 0 N–H and O–H groups in total. The van der Waals surface area contributed by atoms with E-state index in [0.717, 1.165) is 6.29 Å². The van der Waals surface area contributed by atoms with Crippen molar-refractivity contribution in [3.05, 3.63) is 0 Å². The second kappa shape index (κ2) is 4.21. The first-order valence-corrected chi connectivity index (χ1v) is 4.51. The molecule has 2 amide bonds. The SMILES string of the molecule is CC(C=O)CN1CC(=O)N(C)CC1=O. The maximum absolute atomic E-state index is 11.4. The summed E-state index contributed by atoms with van der Waals surface area (Å²) in [7, 11) is 1.60. The first-order chi connectivity index (χ1) is 6.54. The Hall–Kier alpha value is -1.39. The molecule has 5 heteroatoms. The Balaban J connectivity index is 2.57. The van der Waals surface area contributed by atoms with Gasteiger partial charge < -0.3 is 14.6 Å². The van der Waals surface area contributed by atoms with Crippen LogP contribution in [0.1, 0.15) is 6.92 Å². The van der Waals surface area contributed by atoms with Gasteiger partial charge in [-0.3, -0.25) is 9.59 Å². The van der Waals surface area contributed by atoms with Crippen LogP contribution in [0, 0.1) is 5.92 Å². The zero-order valence-electron chi connectivity index (χ0n) is 8.40. The van der Waals surface area contributed by atoms with E-state index in [0.29, 0.717) is 6.54 Å². The number of piperazine rings is 1. The van der Waals surface area contributed by atoms with Crippen molar-refractivity contribution in [2.24, 2.45) is 5.92 Å². The quantitative estimate of drug-likeness (QED) is 0.553. The van der Waals surface area contributed by atoms with Gasteiger partial charge in [-0.25, -0.2) is 0 Å². The lowest BCUT2D eigenvalue weighted by Crippen LogP contribution is -2.53. The van der Waals surface area contributed by atoms with Gasteiger partial charge in [0.05, 0.1) is 13.1 Å². The normalized spacial score (nSPS) is 19.9. The summed E-state index contributed by atoms with van der Waals surface area (Å²) >= 11 is 0. The van der Waals surface area contributed by atoms with Crippen LogP contribution in [0.2, 0.25) is 0 Å². The van der Waals surface area contributed by atoms with Crippen molar-refractivity contribution < 1.29 is 14.4 Å². The molecule has 1 heterocycles. The van der Waals surface area contributed by atoms with Gasteiger partial charge in [-0.05, 0) is 0 Å². The predicted molar refractivity (Wildman–Crippen MR) is 49.4 cm³/mol. The van der Waals surface area contributed by atoms with Crippen LogP contribution in [0.25, 0.3) is 0 Å². The van der Waals surface area contributed by atoms with Gasteiger partial charge in [0.25, 0.3) is 0 Å². The zero-order chi connectivity index (χ0) is 10.7. The highest BCUT2D eigenvalue weighted by molar-refractivity contribution is 5.92. The zero-order valence-corrected chi connectivity index (χ0v) is 8.40. The standard InChI is InChI=1S/C9H14N2O3/c1-7(6-12)3-11-5-8(13)10(2)4-9(11)14/h6-7H,3-5H2,1-2H3. The highest BCUT2D eigenvalue weighted by atomic mass is 16.2. The Morgan fingerprint density at radius 1 is 1.36 bits per heavy atom. The molecule has 0 aromatic rings. The number of carbonyl (C=O) groups excluding carboxylic acids is 3. The second-order valence-electron chi connectivity index (χ2n) is 3.64. The average molecular weight is 198 g/mol. The summed E-state index contributed by atoms with van der Waals surface area (Å²) in [5, 5.41) is 0. The number of rotatable bonds is 3. The van der Waals surface area contributed by atoms with Crippen LogP contribution >= 0.6 is 0 Å². The summed E-state index contributed by atoms with van der Waals surface area (Å²) in [5.41, 5.74) is 0. The molecule has 0 saturated carbocycles. The number of hydrogen-bond acceptors (Lipinski definition) is 3. The molecular weight excluding hydrogens is 184 g/mol. The summed E-state index contributed by atoms with van der Waals surface area (Å²) in [6, 6.07) is 0. The van der Waals surface area contributed by atoms with E-state index in [-0.39, 0.29) is 30.8 Å². The Kier molecular flexibility index (Phi) is 3.22. The molecule has 5 nitrogen and oxygen atoms in total. The summed E-state index contributed by atoms with van der Waals surface area (Å²) in [5.74, 6) is -0.390. The molecule has 1 saturated heterocycles. The van der Waals surface area contributed by atoms with E-state index in [1.807, 2.05) is 0 Å². The topological polar surface area (TPSA) is 57.7 Å². The maximum Gasteiger partial charge on any atom is 0.242 e. The number of aldehydes is 1. The first kappa shape index (κ1) is 10.7. The number of carbonyl (C=O) groups is 3. The highest BCUT2D eigenvalue weighted by Crippen LogP contribution is 2.05. The van der Waals surface area contributed by atoms with Crippen molar-refractivity contribution in [1.29, 1.82) is 0 Å². The monoisotopic (exact) mass is 198 g/mol. The lowest BCUT2D eigenvalue weighted by atomic mass is 10.2. The van der Waals surface area contributed by atoms with Crippen LogP contribution in [0.4, 0.5) is 0 Å². The molecule has 0 aromatic carbocycles. The fraction of sp³-hybridized carbons (Fsp3) is 0.667. The summed E-state index contributed by atoms with van der Waals surface area (Å²) in [4.78, 5) is 35.9. The lowest BCUT2D eigenvalue weighted by molar-refractivity contribution is -0.149. The highest BCUT2D eigenvalue weighted by Gasteiger charge is 2.27. The van der Waals surface area contributed by atoms with Gasteiger partial charge in [-0.15, -0.1) is 0 Å². The Morgan fingerprint density at radius 2 is 2.00 bits per heavy atom. The van der Waals surface area contributed by atoms with Gasteiger partial charge in [0, 0.05) is 19.5 Å². The van der Waals surface area contributed by atoms with Crippen LogP contribution in [0.5, 0.6) is 0 Å². The third kappa shape index (κ3) is 2.31. The van der Waals surface area contributed by atoms with E-state index in [1.165, 1.54) is 9.80 Å². The molecule has 1 aliphatic heterocycles. The first-order valence-electron chi connectivity index (χ1n) is 4.51. The molecule has 0 aliphatic carbocycles. The van der Waals surface area contributed by atoms with Crippen molar-refractivity contribution >= 4 is 18.1 Å². The molecule has 0 aromatic heterocycles. The van der Waals surface area contributed by atoms with Gasteiger partial charge in [0.2, 0.25) is 11.8 Å². The van der Waals surface area contributed by atoms with Crippen LogP contribution in [-0.4, -0.2) is 54.6 Å². The Bertz CT molecular complexity index is 265. The summed E-state index contributed by atoms with van der Waals surface area (Å²) in [6.07, 6.45) is 0.788. The smallest absolute Gasteiger partial charge is 0.242 e. The molecule has 1 rings (SSSR count). The van der Waals surface area contributed by atoms with E-state index >= 15 is 0 Å². The van der Waals surface area contributed by atoms with Gasteiger partial charge in [-0.2, -0.15) is 0 Å². The molecule has 14 heavy (non-hydrogen) atoms. The van der Waals surface area contributed by atoms with Crippen LogP contribution < -0.4 is 0 Å². The Labute approximate surface area is 82.7 Å². The molecule has 0 spiro atoms. The van der Waals surface area contributed by atoms with Gasteiger partial charge in [0.1, 0.15) is 6.29 Å². The lowest BCUT2D eigenvalue weighted by Gasteiger charge is -2.32. The van der Waals surface area contributed by atoms with E-state index in [4.69, 9.17) is 0 Å². The molecule has 1 fully saturated rings. The fourth-order valence-corrected chi connectivity index (χ4v) is 1.32. The number of hydrogen-bond donors (Lipinski definition) is 0. The molecule has 0 radical (unpaired) electrons. The minimum absolute atomic E-state index is 0.0808. The van der Waals surface area contributed by atoms with Gasteiger partial charge >= 0.3 is 0 Å². The molecular formula is C9H14N2O3.